The first-order valence-corrected chi connectivity index (χ1v) is 9.06. The maximum atomic E-state index is 12.7. The van der Waals surface area contributed by atoms with Gasteiger partial charge >= 0.3 is 0 Å². The summed E-state index contributed by atoms with van der Waals surface area (Å²) in [5, 5.41) is 3.54. The van der Waals surface area contributed by atoms with Gasteiger partial charge in [0.25, 0.3) is 5.91 Å². The van der Waals surface area contributed by atoms with Crippen molar-refractivity contribution < 1.29 is 4.79 Å². The van der Waals surface area contributed by atoms with Crippen LogP contribution in [-0.4, -0.2) is 36.0 Å². The Bertz CT molecular complexity index is 485. The van der Waals surface area contributed by atoms with Crippen molar-refractivity contribution in [2.45, 2.75) is 37.8 Å². The molecule has 2 aliphatic rings. The Labute approximate surface area is 134 Å². The molecule has 1 aromatic heterocycles. The third-order valence-corrected chi connectivity index (χ3v) is 6.35. The predicted octanol–water partition coefficient (Wildman–Crippen LogP) is 3.63. The molecule has 2 aliphatic heterocycles. The summed E-state index contributed by atoms with van der Waals surface area (Å²) in [6, 6.07) is 2.79. The van der Waals surface area contributed by atoms with Gasteiger partial charge in [-0.2, -0.15) is 0 Å². The Hall–Kier alpha value is 0.0900. The van der Waals surface area contributed by atoms with Gasteiger partial charge in [-0.1, -0.05) is 0 Å². The molecule has 104 valence electrons. The van der Waals surface area contributed by atoms with Crippen molar-refractivity contribution in [2.75, 3.05) is 13.1 Å². The van der Waals surface area contributed by atoms with Crippen LogP contribution in [0.15, 0.2) is 13.6 Å². The van der Waals surface area contributed by atoms with E-state index >= 15 is 0 Å². The number of nitrogens with one attached hydrogen (secondary N) is 1. The van der Waals surface area contributed by atoms with E-state index in [2.05, 4.69) is 42.1 Å². The number of likely N-dealkylation sites (tertiary alicyclic amines) is 1. The van der Waals surface area contributed by atoms with E-state index in [9.17, 15) is 4.79 Å². The topological polar surface area (TPSA) is 32.3 Å². The Morgan fingerprint density at radius 2 is 2.21 bits per heavy atom. The first kappa shape index (κ1) is 14.0. The van der Waals surface area contributed by atoms with Gasteiger partial charge in [0.15, 0.2) is 0 Å². The number of hydrogen-bond acceptors (Lipinski definition) is 3. The molecule has 2 unspecified atom stereocenters. The smallest absolute Gasteiger partial charge is 0.256 e. The molecular weight excluding hydrogens is 392 g/mol. The van der Waals surface area contributed by atoms with E-state index in [0.717, 1.165) is 39.1 Å². The van der Waals surface area contributed by atoms with E-state index in [1.807, 2.05) is 6.07 Å². The van der Waals surface area contributed by atoms with E-state index in [-0.39, 0.29) is 5.91 Å². The molecule has 0 aromatic carbocycles. The Morgan fingerprint density at radius 3 is 2.84 bits per heavy atom. The second-order valence-electron chi connectivity index (χ2n) is 5.15. The van der Waals surface area contributed by atoms with Gasteiger partial charge in [-0.15, -0.1) is 11.3 Å². The minimum atomic E-state index is 0.171. The highest BCUT2D eigenvalue weighted by molar-refractivity contribution is 9.12. The molecule has 0 spiro atoms. The van der Waals surface area contributed by atoms with Crippen LogP contribution in [0, 0.1) is 0 Å². The fourth-order valence-corrected chi connectivity index (χ4v) is 5.92. The van der Waals surface area contributed by atoms with Crippen LogP contribution in [0.2, 0.25) is 0 Å². The van der Waals surface area contributed by atoms with Crippen LogP contribution >= 0.6 is 43.2 Å². The summed E-state index contributed by atoms with van der Waals surface area (Å²) in [6.45, 7) is 1.98. The third-order valence-electron chi connectivity index (χ3n) is 4.01. The molecular formula is C13H16Br2N2OS. The Morgan fingerprint density at radius 1 is 1.37 bits per heavy atom. The average molecular weight is 408 g/mol. The second-order valence-corrected chi connectivity index (χ2v) is 8.90. The first-order valence-electron chi connectivity index (χ1n) is 6.66. The zero-order valence-corrected chi connectivity index (χ0v) is 14.5. The second kappa shape index (κ2) is 5.84. The highest BCUT2D eigenvalue weighted by Crippen LogP contribution is 2.34. The number of carbonyl (C=O) groups excluding carboxylic acids is 1. The number of nitrogens with zero attached hydrogens (tertiary/aromatic N) is 1. The van der Waals surface area contributed by atoms with Crippen LogP contribution in [0.4, 0.5) is 0 Å². The number of carbonyl (C=O) groups is 1. The van der Waals surface area contributed by atoms with Gasteiger partial charge in [0.1, 0.15) is 0 Å². The summed E-state index contributed by atoms with van der Waals surface area (Å²) in [5.41, 5.74) is 0.793. The first-order chi connectivity index (χ1) is 9.16. The van der Waals surface area contributed by atoms with Crippen molar-refractivity contribution >= 4 is 49.1 Å². The van der Waals surface area contributed by atoms with Crippen LogP contribution in [-0.2, 0) is 0 Å². The summed E-state index contributed by atoms with van der Waals surface area (Å²) in [4.78, 5) is 14.8. The minimum absolute atomic E-state index is 0.171. The van der Waals surface area contributed by atoms with Crippen LogP contribution in [0.1, 0.15) is 36.0 Å². The predicted molar refractivity (Wildman–Crippen MR) is 84.8 cm³/mol. The molecule has 3 nitrogen and oxygen atoms in total. The van der Waals surface area contributed by atoms with Crippen LogP contribution in [0.25, 0.3) is 0 Å². The van der Waals surface area contributed by atoms with Crippen LogP contribution in [0.3, 0.4) is 0 Å². The monoisotopic (exact) mass is 406 g/mol. The number of halogens is 2. The summed E-state index contributed by atoms with van der Waals surface area (Å²) >= 11 is 8.50. The van der Waals surface area contributed by atoms with Gasteiger partial charge in [0.2, 0.25) is 0 Å². The molecule has 1 amide bonds. The molecule has 2 atom stereocenters. The molecule has 6 heteroatoms. The number of hydrogen-bond donors (Lipinski definition) is 1. The quantitative estimate of drug-likeness (QED) is 0.811. The normalized spacial score (nSPS) is 27.2. The van der Waals surface area contributed by atoms with Crippen molar-refractivity contribution in [3.63, 3.8) is 0 Å². The van der Waals surface area contributed by atoms with Gasteiger partial charge in [0.05, 0.1) is 13.1 Å². The molecule has 0 bridgehead atoms. The Kier molecular flexibility index (Phi) is 4.31. The van der Waals surface area contributed by atoms with E-state index < -0.39 is 0 Å². The summed E-state index contributed by atoms with van der Waals surface area (Å²) < 4.78 is 1.92. The van der Waals surface area contributed by atoms with Crippen molar-refractivity contribution in [3.8, 4) is 0 Å². The lowest BCUT2D eigenvalue weighted by molar-refractivity contribution is 0.0711. The maximum Gasteiger partial charge on any atom is 0.256 e. The lowest BCUT2D eigenvalue weighted by Crippen LogP contribution is -2.46. The van der Waals surface area contributed by atoms with E-state index in [4.69, 9.17) is 0 Å². The van der Waals surface area contributed by atoms with Gasteiger partial charge in [-0.25, -0.2) is 0 Å². The lowest BCUT2D eigenvalue weighted by Gasteiger charge is -2.29. The molecule has 1 N–H and O–H groups in total. The van der Waals surface area contributed by atoms with Crippen LogP contribution < -0.4 is 5.32 Å². The number of thiophene rings is 1. The number of rotatable bonds is 2. The molecule has 3 rings (SSSR count). The zero-order valence-electron chi connectivity index (χ0n) is 10.5. The molecule has 19 heavy (non-hydrogen) atoms. The molecule has 0 saturated carbocycles. The largest absolute Gasteiger partial charge is 0.334 e. The zero-order chi connectivity index (χ0) is 13.4. The van der Waals surface area contributed by atoms with Crippen molar-refractivity contribution in [2.24, 2.45) is 0 Å². The standard InChI is InChI=1S/C13H16Br2N2OS/c14-11-7-8(12(15)19-11)13(18)17-6-2-4-10(17)9-3-1-5-16-9/h7,9-10,16H,1-6H2. The molecule has 2 fully saturated rings. The summed E-state index contributed by atoms with van der Waals surface area (Å²) in [6.07, 6.45) is 4.68. The van der Waals surface area contributed by atoms with Crippen molar-refractivity contribution in [1.29, 1.82) is 0 Å². The van der Waals surface area contributed by atoms with Crippen LogP contribution in [0.5, 0.6) is 0 Å². The molecule has 2 saturated heterocycles. The summed E-state index contributed by atoms with van der Waals surface area (Å²) in [7, 11) is 0. The van der Waals surface area contributed by atoms with Gasteiger partial charge in [-0.3, -0.25) is 4.79 Å². The van der Waals surface area contributed by atoms with Crippen molar-refractivity contribution in [1.82, 2.24) is 10.2 Å². The van der Waals surface area contributed by atoms with E-state index in [1.54, 1.807) is 11.3 Å². The fourth-order valence-electron chi connectivity index (χ4n) is 3.14. The van der Waals surface area contributed by atoms with Gasteiger partial charge in [0, 0.05) is 18.6 Å². The van der Waals surface area contributed by atoms with E-state index in [1.165, 1.54) is 12.8 Å². The lowest BCUT2D eigenvalue weighted by atomic mass is 10.0. The van der Waals surface area contributed by atoms with E-state index in [0.29, 0.717) is 12.1 Å². The Balaban J connectivity index is 1.80. The third kappa shape index (κ3) is 2.77. The highest BCUT2D eigenvalue weighted by Gasteiger charge is 2.36. The van der Waals surface area contributed by atoms with Gasteiger partial charge in [-0.05, 0) is 70.2 Å². The SMILES string of the molecule is O=C(c1cc(Br)sc1Br)N1CCCC1C1CCCN1. The van der Waals surface area contributed by atoms with Crippen molar-refractivity contribution in [3.05, 3.63) is 19.2 Å². The van der Waals surface area contributed by atoms with Gasteiger partial charge < -0.3 is 10.2 Å². The minimum Gasteiger partial charge on any atom is -0.334 e. The molecule has 0 aliphatic carbocycles. The summed E-state index contributed by atoms with van der Waals surface area (Å²) in [5.74, 6) is 0.171. The fraction of sp³-hybridized carbons (Fsp3) is 0.615. The molecule has 1 aromatic rings. The molecule has 3 heterocycles. The maximum absolute atomic E-state index is 12.7. The highest BCUT2D eigenvalue weighted by atomic mass is 79.9. The molecule has 0 radical (unpaired) electrons. The number of amides is 1. The average Bonchev–Trinajstić information content (AvgIpc) is 3.06.